The summed E-state index contributed by atoms with van der Waals surface area (Å²) in [4.78, 5) is 59.7. The van der Waals surface area contributed by atoms with Crippen LogP contribution in [0, 0.1) is 18.1 Å². The average molecular weight is 1270 g/mol. The molecule has 1 radical (unpaired) electrons. The average Bonchev–Trinajstić information content (AvgIpc) is 4.53. The van der Waals surface area contributed by atoms with E-state index in [4.69, 9.17) is 35.3 Å². The SMILES string of the molecule is CO[C@H](C)CN(CCCCc1ccc2c(n1)CCCC2)CC[C@H](Cc1ncc(C2CC2)cn1)C(=O)O.CO[C@H](C)CN(CCCCc1ccc2c(n1)CCCC2)CC[C@H](N)C(=O)O.Fc1ncc(Br)cn1.Fc1ncc(C2CC2)cn1.O[B]OC1CC1. The summed E-state index contributed by atoms with van der Waals surface area (Å²) in [6, 6.07) is 8.12. The van der Waals surface area contributed by atoms with Crippen LogP contribution in [0.3, 0.4) is 0 Å². The molecular weight excluding hydrogens is 1180 g/mol. The van der Waals surface area contributed by atoms with Crippen molar-refractivity contribution in [3.05, 3.63) is 129 Å². The number of ether oxygens (including phenoxy) is 2. The smallest absolute Gasteiger partial charge is 0.481 e. The summed E-state index contributed by atoms with van der Waals surface area (Å²) in [7, 11) is 4.19. The Morgan fingerprint density at radius 2 is 1.08 bits per heavy atom. The van der Waals surface area contributed by atoms with Crippen LogP contribution in [0.5, 0.6) is 0 Å². The molecular formula is C64H92BBrF2N11O8. The van der Waals surface area contributed by atoms with Crippen LogP contribution in [0.15, 0.2) is 65.9 Å². The van der Waals surface area contributed by atoms with Crippen LogP contribution in [0.4, 0.5) is 8.78 Å². The number of aromatic nitrogens is 8. The van der Waals surface area contributed by atoms with E-state index in [2.05, 4.69) is 91.5 Å². The number of pyridine rings is 2. The molecule has 0 unspecified atom stereocenters. The van der Waals surface area contributed by atoms with Crippen molar-refractivity contribution in [1.82, 2.24) is 49.7 Å². The Morgan fingerprint density at radius 3 is 1.48 bits per heavy atom. The molecule has 5 N–H and O–H groups in total. The molecule has 3 saturated carbocycles. The Labute approximate surface area is 522 Å². The van der Waals surface area contributed by atoms with Crippen LogP contribution < -0.4 is 5.73 Å². The number of carboxylic acid groups (broad SMARTS) is 2. The molecule has 0 spiro atoms. The van der Waals surface area contributed by atoms with Gasteiger partial charge in [-0.2, -0.15) is 8.78 Å². The number of fused-ring (bicyclic) bond motifs is 2. The summed E-state index contributed by atoms with van der Waals surface area (Å²) in [5, 5.41) is 26.7. The number of rotatable bonds is 30. The Kier molecular flexibility index (Phi) is 31.6. The van der Waals surface area contributed by atoms with E-state index in [9.17, 15) is 23.5 Å². The molecule has 0 aliphatic heterocycles. The van der Waals surface area contributed by atoms with Gasteiger partial charge in [0.05, 0.1) is 22.6 Å². The molecule has 10 rings (SSSR count). The number of carboxylic acids is 2. The van der Waals surface area contributed by atoms with Gasteiger partial charge in [0, 0.05) is 106 Å². The minimum Gasteiger partial charge on any atom is -0.481 e. The van der Waals surface area contributed by atoms with Crippen LogP contribution in [-0.4, -0.2) is 162 Å². The standard InChI is InChI=1S/C29H42N4O3.C21H35N3O3.C7H7FN2.C4H2BrFN2.C3H6BO2/c1-21(36-2)20-33(15-6-5-8-26-13-12-23-7-3-4-9-27(23)32-26)16-14-24(29(34)35)17-28-30-18-25(19-31-28)22-10-11-22;1-16(27-2)15-24(14-12-19(22)21(25)26)13-6-5-8-18-11-10-17-7-3-4-9-20(17)23-18;8-7-9-3-6(4-10-7)5-1-2-5;5-3-1-7-4(6)8-2-3;5-4-6-3-1-2-3/h12-13,18-19,21-22,24H,3-11,14-17,20H2,1-2H3,(H,34,35);10-11,16,19H,3-9,12-15,22H2,1-2H3,(H,25,26);3-5H,1-2H2;1-2H;3,5H,1-2H2/t21-,24-;16-,19+;;;/m11.../s1. The lowest BCUT2D eigenvalue weighted by molar-refractivity contribution is -0.142. The maximum atomic E-state index is 12.1. The lowest BCUT2D eigenvalue weighted by Crippen LogP contribution is -2.38. The van der Waals surface area contributed by atoms with Gasteiger partial charge in [0.15, 0.2) is 0 Å². The highest BCUT2D eigenvalue weighted by Crippen LogP contribution is 2.40. The monoisotopic (exact) mass is 1270 g/mol. The fourth-order valence-electron chi connectivity index (χ4n) is 10.2. The Hall–Kier alpha value is -5.40. The summed E-state index contributed by atoms with van der Waals surface area (Å²) in [5.74, 6) is -0.358. The van der Waals surface area contributed by atoms with Gasteiger partial charge in [0.2, 0.25) is 0 Å². The first kappa shape index (κ1) is 70.7. The molecule has 5 aliphatic carbocycles. The molecule has 5 heterocycles. The van der Waals surface area contributed by atoms with Gasteiger partial charge in [-0.25, -0.2) is 29.9 Å². The number of carbonyl (C=O) groups is 2. The van der Waals surface area contributed by atoms with Crippen molar-refractivity contribution in [3.63, 3.8) is 0 Å². The number of methoxy groups -OCH3 is 2. The summed E-state index contributed by atoms with van der Waals surface area (Å²) in [5.41, 5.74) is 15.8. The fraction of sp³-hybridized carbons (Fsp3) is 0.625. The van der Waals surface area contributed by atoms with Crippen molar-refractivity contribution in [2.45, 2.75) is 198 Å². The van der Waals surface area contributed by atoms with Gasteiger partial charge in [-0.1, -0.05) is 12.1 Å². The molecule has 0 aromatic carbocycles. The fourth-order valence-corrected chi connectivity index (χ4v) is 10.4. The first-order valence-corrected chi connectivity index (χ1v) is 32.1. The first-order valence-electron chi connectivity index (χ1n) is 31.3. The van der Waals surface area contributed by atoms with E-state index in [0.717, 1.165) is 110 Å². The van der Waals surface area contributed by atoms with Crippen LogP contribution in [-0.2, 0) is 68.7 Å². The van der Waals surface area contributed by atoms with E-state index in [1.807, 2.05) is 19.3 Å². The van der Waals surface area contributed by atoms with Crippen molar-refractivity contribution in [3.8, 4) is 0 Å². The topological polar surface area (TPSA) is 258 Å². The third-order valence-electron chi connectivity index (χ3n) is 16.1. The molecule has 0 bridgehead atoms. The normalized spacial score (nSPS) is 16.4. The van der Waals surface area contributed by atoms with E-state index >= 15 is 0 Å². The molecule has 5 aliphatic rings. The number of unbranched alkanes of at least 4 members (excludes halogenated alkanes) is 2. The Bertz CT molecular complexity index is 2750. The molecule has 87 heavy (non-hydrogen) atoms. The van der Waals surface area contributed by atoms with Crippen molar-refractivity contribution >= 4 is 35.6 Å². The summed E-state index contributed by atoms with van der Waals surface area (Å²) in [6.45, 7) is 8.93. The quantitative estimate of drug-likeness (QED) is 0.0189. The number of nitrogens with two attached hydrogens (primary N) is 1. The van der Waals surface area contributed by atoms with Gasteiger partial charge >= 0.3 is 31.8 Å². The molecule has 5 aromatic heterocycles. The Balaban J connectivity index is 0.000000204. The summed E-state index contributed by atoms with van der Waals surface area (Å²) in [6.07, 6.45) is 33.2. The zero-order valence-corrected chi connectivity index (χ0v) is 53.1. The van der Waals surface area contributed by atoms with E-state index in [-0.39, 0.29) is 12.2 Å². The van der Waals surface area contributed by atoms with Crippen LogP contribution >= 0.6 is 15.9 Å². The van der Waals surface area contributed by atoms with Crippen molar-refractivity contribution in [2.24, 2.45) is 11.7 Å². The molecule has 4 atom stereocenters. The van der Waals surface area contributed by atoms with Crippen LogP contribution in [0.25, 0.3) is 0 Å². The van der Waals surface area contributed by atoms with Gasteiger partial charge < -0.3 is 44.9 Å². The maximum Gasteiger partial charge on any atom is 0.485 e. The van der Waals surface area contributed by atoms with Gasteiger partial charge in [-0.05, 0) is 237 Å². The van der Waals surface area contributed by atoms with Gasteiger partial charge in [0.25, 0.3) is 0 Å². The van der Waals surface area contributed by atoms with Gasteiger partial charge in [0.1, 0.15) is 11.9 Å². The van der Waals surface area contributed by atoms with E-state index in [1.54, 1.807) is 26.6 Å². The van der Waals surface area contributed by atoms with Gasteiger partial charge in [-0.3, -0.25) is 19.6 Å². The Morgan fingerprint density at radius 1 is 0.632 bits per heavy atom. The molecule has 475 valence electrons. The summed E-state index contributed by atoms with van der Waals surface area (Å²) >= 11 is 3.05. The largest absolute Gasteiger partial charge is 0.485 e. The third-order valence-corrected chi connectivity index (χ3v) is 16.5. The molecule has 0 amide bonds. The van der Waals surface area contributed by atoms with Crippen LogP contribution in [0.1, 0.15) is 179 Å². The third kappa shape index (κ3) is 28.3. The minimum absolute atomic E-state index is 0.105. The number of aliphatic carboxylic acids is 2. The maximum absolute atomic E-state index is 12.1. The predicted octanol–water partition coefficient (Wildman–Crippen LogP) is 9.61. The highest BCUT2D eigenvalue weighted by atomic mass is 79.9. The highest BCUT2D eigenvalue weighted by molar-refractivity contribution is 9.10. The molecule has 19 nitrogen and oxygen atoms in total. The van der Waals surface area contributed by atoms with Gasteiger partial charge in [-0.15, -0.1) is 0 Å². The van der Waals surface area contributed by atoms with E-state index < -0.39 is 36.1 Å². The number of hydrogen-bond acceptors (Lipinski definition) is 17. The zero-order valence-electron chi connectivity index (χ0n) is 51.5. The summed E-state index contributed by atoms with van der Waals surface area (Å²) < 4.78 is 40.1. The minimum atomic E-state index is -0.937. The van der Waals surface area contributed by atoms with Crippen molar-refractivity contribution in [2.75, 3.05) is 53.5 Å². The second kappa shape index (κ2) is 38.9. The zero-order chi connectivity index (χ0) is 62.3. The lowest BCUT2D eigenvalue weighted by Gasteiger charge is -2.26. The molecule has 3 fully saturated rings. The molecule has 23 heteroatoms. The second-order valence-corrected chi connectivity index (χ2v) is 24.4. The molecule has 5 aromatic rings. The number of halogens is 3. The molecule has 0 saturated heterocycles. The van der Waals surface area contributed by atoms with Crippen molar-refractivity contribution < 1.29 is 47.7 Å². The predicted molar refractivity (Wildman–Crippen MR) is 333 cm³/mol. The number of nitrogens with zero attached hydrogens (tertiary/aromatic N) is 10. The van der Waals surface area contributed by atoms with Crippen molar-refractivity contribution in [1.29, 1.82) is 0 Å². The first-order chi connectivity index (χ1) is 42.1. The number of hydrogen-bond donors (Lipinski definition) is 4. The van der Waals surface area contributed by atoms with E-state index in [0.29, 0.717) is 54.0 Å². The number of aryl methyl sites for hydroxylation is 6. The van der Waals surface area contributed by atoms with E-state index in [1.165, 1.54) is 116 Å². The second-order valence-electron chi connectivity index (χ2n) is 23.5. The lowest BCUT2D eigenvalue weighted by atomic mass is 9.95. The highest BCUT2D eigenvalue weighted by Gasteiger charge is 2.27. The van der Waals surface area contributed by atoms with Crippen LogP contribution in [0.2, 0.25) is 0 Å².